The summed E-state index contributed by atoms with van der Waals surface area (Å²) >= 11 is 1.86. The topological polar surface area (TPSA) is 61.7 Å². The van der Waals surface area contributed by atoms with E-state index in [0.717, 1.165) is 42.0 Å². The highest BCUT2D eigenvalue weighted by Gasteiger charge is 2.18. The summed E-state index contributed by atoms with van der Waals surface area (Å²) in [6, 6.07) is 0. The van der Waals surface area contributed by atoms with Crippen LogP contribution in [-0.4, -0.2) is 31.3 Å². The van der Waals surface area contributed by atoms with Gasteiger partial charge < -0.3 is 5.73 Å². The molecule has 2 N–H and O–H groups in total. The highest BCUT2D eigenvalue weighted by molar-refractivity contribution is 7.98. The van der Waals surface area contributed by atoms with Crippen LogP contribution in [0.15, 0.2) is 0 Å². The SMILES string of the molecule is CCCc1nn(C)c2c1nc(N)n2CC(C)CSC. The van der Waals surface area contributed by atoms with E-state index < -0.39 is 0 Å². The second-order valence-corrected chi connectivity index (χ2v) is 6.04. The maximum atomic E-state index is 6.08. The third-order valence-corrected chi connectivity index (χ3v) is 4.16. The molecule has 0 aromatic carbocycles. The van der Waals surface area contributed by atoms with E-state index in [0.29, 0.717) is 11.9 Å². The second-order valence-electron chi connectivity index (χ2n) is 5.13. The first-order chi connectivity index (χ1) is 9.08. The highest BCUT2D eigenvalue weighted by atomic mass is 32.2. The largest absolute Gasteiger partial charge is 0.369 e. The van der Waals surface area contributed by atoms with E-state index in [1.54, 1.807) is 0 Å². The van der Waals surface area contributed by atoms with Gasteiger partial charge >= 0.3 is 0 Å². The number of hydrogen-bond acceptors (Lipinski definition) is 4. The molecule has 2 aromatic rings. The number of fused-ring (bicyclic) bond motifs is 1. The minimum atomic E-state index is 0.569. The number of nitrogen functional groups attached to an aromatic ring is 1. The quantitative estimate of drug-likeness (QED) is 0.882. The molecule has 2 aromatic heterocycles. The number of nitrogens with zero attached hydrogens (tertiary/aromatic N) is 4. The predicted octanol–water partition coefficient (Wildman–Crippen LogP) is 2.30. The zero-order valence-electron chi connectivity index (χ0n) is 12.2. The fourth-order valence-corrected chi connectivity index (χ4v) is 3.17. The van der Waals surface area contributed by atoms with Gasteiger partial charge in [-0.2, -0.15) is 16.9 Å². The summed E-state index contributed by atoms with van der Waals surface area (Å²) in [5.74, 6) is 2.30. The van der Waals surface area contributed by atoms with Gasteiger partial charge in [-0.05, 0) is 24.3 Å². The average molecular weight is 281 g/mol. The Hall–Kier alpha value is -1.17. The Morgan fingerprint density at radius 3 is 2.79 bits per heavy atom. The number of aryl methyl sites for hydroxylation is 2. The van der Waals surface area contributed by atoms with Crippen molar-refractivity contribution in [2.24, 2.45) is 13.0 Å². The molecule has 0 aliphatic rings. The van der Waals surface area contributed by atoms with Crippen LogP contribution in [0.4, 0.5) is 5.95 Å². The first-order valence-electron chi connectivity index (χ1n) is 6.75. The maximum absolute atomic E-state index is 6.08. The molecule has 0 bridgehead atoms. The molecule has 19 heavy (non-hydrogen) atoms. The molecule has 2 heterocycles. The Labute approximate surface area is 118 Å². The van der Waals surface area contributed by atoms with E-state index in [9.17, 15) is 0 Å². The van der Waals surface area contributed by atoms with Crippen molar-refractivity contribution in [3.8, 4) is 0 Å². The Morgan fingerprint density at radius 2 is 2.16 bits per heavy atom. The van der Waals surface area contributed by atoms with E-state index >= 15 is 0 Å². The minimum Gasteiger partial charge on any atom is -0.369 e. The van der Waals surface area contributed by atoms with Gasteiger partial charge in [-0.25, -0.2) is 4.98 Å². The highest BCUT2D eigenvalue weighted by Crippen LogP contribution is 2.23. The van der Waals surface area contributed by atoms with Crippen LogP contribution in [0.2, 0.25) is 0 Å². The lowest BCUT2D eigenvalue weighted by atomic mass is 10.2. The fourth-order valence-electron chi connectivity index (χ4n) is 2.49. The molecule has 0 saturated heterocycles. The van der Waals surface area contributed by atoms with Crippen LogP contribution in [-0.2, 0) is 20.0 Å². The molecule has 0 aliphatic carbocycles. The molecule has 0 spiro atoms. The maximum Gasteiger partial charge on any atom is 0.202 e. The monoisotopic (exact) mass is 281 g/mol. The zero-order valence-corrected chi connectivity index (χ0v) is 13.0. The zero-order chi connectivity index (χ0) is 14.0. The fraction of sp³-hybridized carbons (Fsp3) is 0.692. The molecular formula is C13H23N5S. The first kappa shape index (κ1) is 14.2. The Balaban J connectivity index is 2.40. The summed E-state index contributed by atoms with van der Waals surface area (Å²) in [6.45, 7) is 5.29. The van der Waals surface area contributed by atoms with E-state index in [-0.39, 0.29) is 0 Å². The molecular weight excluding hydrogens is 258 g/mol. The number of aromatic nitrogens is 4. The molecule has 0 amide bonds. The van der Waals surface area contributed by atoms with E-state index in [2.05, 4.69) is 34.8 Å². The van der Waals surface area contributed by atoms with Gasteiger partial charge in [0.15, 0.2) is 5.65 Å². The van der Waals surface area contributed by atoms with Gasteiger partial charge in [0.1, 0.15) is 5.52 Å². The third kappa shape index (κ3) is 2.73. The number of hydrogen-bond donors (Lipinski definition) is 1. The van der Waals surface area contributed by atoms with Crippen molar-refractivity contribution in [1.82, 2.24) is 19.3 Å². The summed E-state index contributed by atoms with van der Waals surface area (Å²) in [6.07, 6.45) is 4.16. The molecule has 0 radical (unpaired) electrons. The van der Waals surface area contributed by atoms with Gasteiger partial charge in [-0.15, -0.1) is 0 Å². The molecule has 1 atom stereocenters. The van der Waals surface area contributed by atoms with E-state index in [1.807, 2.05) is 23.5 Å². The number of anilines is 1. The van der Waals surface area contributed by atoms with Crippen molar-refractivity contribution >= 4 is 28.9 Å². The molecule has 6 heteroatoms. The van der Waals surface area contributed by atoms with Gasteiger partial charge in [0.05, 0.1) is 5.69 Å². The Bertz CT molecular complexity index is 557. The van der Waals surface area contributed by atoms with Crippen LogP contribution in [0.1, 0.15) is 26.0 Å². The van der Waals surface area contributed by atoms with E-state index in [4.69, 9.17) is 5.73 Å². The molecule has 1 unspecified atom stereocenters. The van der Waals surface area contributed by atoms with Crippen molar-refractivity contribution in [1.29, 1.82) is 0 Å². The summed E-state index contributed by atoms with van der Waals surface area (Å²) in [4.78, 5) is 4.52. The number of imidazole rings is 1. The molecule has 0 fully saturated rings. The predicted molar refractivity (Wildman–Crippen MR) is 82.5 cm³/mol. The van der Waals surface area contributed by atoms with Crippen LogP contribution in [0.25, 0.3) is 11.2 Å². The summed E-state index contributed by atoms with van der Waals surface area (Å²) < 4.78 is 4.01. The lowest BCUT2D eigenvalue weighted by molar-refractivity contribution is 0.536. The van der Waals surface area contributed by atoms with Crippen molar-refractivity contribution in [3.63, 3.8) is 0 Å². The third-order valence-electron chi connectivity index (χ3n) is 3.25. The average Bonchev–Trinajstić information content (AvgIpc) is 2.81. The molecule has 0 saturated carbocycles. The molecule has 0 aliphatic heterocycles. The second kappa shape index (κ2) is 5.86. The number of thioether (sulfide) groups is 1. The van der Waals surface area contributed by atoms with Crippen molar-refractivity contribution < 1.29 is 0 Å². The Kier molecular flexibility index (Phi) is 4.39. The van der Waals surface area contributed by atoms with Gasteiger partial charge in [0.2, 0.25) is 5.95 Å². The van der Waals surface area contributed by atoms with Crippen LogP contribution in [0.5, 0.6) is 0 Å². The summed E-state index contributed by atoms with van der Waals surface area (Å²) in [5, 5.41) is 4.57. The van der Waals surface area contributed by atoms with Gasteiger partial charge in [-0.1, -0.05) is 20.3 Å². The van der Waals surface area contributed by atoms with Crippen molar-refractivity contribution in [2.45, 2.75) is 33.2 Å². The first-order valence-corrected chi connectivity index (χ1v) is 8.14. The van der Waals surface area contributed by atoms with Gasteiger partial charge in [0.25, 0.3) is 0 Å². The van der Waals surface area contributed by atoms with Crippen LogP contribution >= 0.6 is 11.8 Å². The van der Waals surface area contributed by atoms with Crippen LogP contribution < -0.4 is 5.73 Å². The lowest BCUT2D eigenvalue weighted by Gasteiger charge is -2.12. The van der Waals surface area contributed by atoms with Crippen LogP contribution in [0, 0.1) is 5.92 Å². The number of rotatable bonds is 6. The Morgan fingerprint density at radius 1 is 1.42 bits per heavy atom. The molecule has 2 rings (SSSR count). The summed E-state index contributed by atoms with van der Waals surface area (Å²) in [7, 11) is 1.97. The standard InChI is InChI=1S/C13H23N5S/c1-5-6-10-11-12(17(3)16-10)18(13(14)15-11)7-9(2)8-19-4/h9H,5-8H2,1-4H3,(H2,14,15). The van der Waals surface area contributed by atoms with Gasteiger partial charge in [0, 0.05) is 13.6 Å². The van der Waals surface area contributed by atoms with Crippen molar-refractivity contribution in [3.05, 3.63) is 5.69 Å². The summed E-state index contributed by atoms with van der Waals surface area (Å²) in [5.41, 5.74) is 9.16. The molecule has 5 nitrogen and oxygen atoms in total. The lowest BCUT2D eigenvalue weighted by Crippen LogP contribution is -2.14. The van der Waals surface area contributed by atoms with Crippen LogP contribution in [0.3, 0.4) is 0 Å². The molecule has 106 valence electrons. The van der Waals surface area contributed by atoms with Gasteiger partial charge in [-0.3, -0.25) is 9.25 Å². The number of nitrogens with two attached hydrogens (primary N) is 1. The normalized spacial score (nSPS) is 13.3. The smallest absolute Gasteiger partial charge is 0.202 e. The van der Waals surface area contributed by atoms with E-state index in [1.165, 1.54) is 0 Å². The van der Waals surface area contributed by atoms with Crippen molar-refractivity contribution in [2.75, 3.05) is 17.7 Å². The minimum absolute atomic E-state index is 0.569.